The van der Waals surface area contributed by atoms with Crippen LogP contribution in [0.2, 0.25) is 0 Å². The van der Waals surface area contributed by atoms with Crippen molar-refractivity contribution in [3.63, 3.8) is 0 Å². The first-order valence-electron chi connectivity index (χ1n) is 10.4. The number of aryl methyl sites for hydroxylation is 2. The Kier molecular flexibility index (Phi) is 5.38. The fourth-order valence-electron chi connectivity index (χ4n) is 3.93. The van der Waals surface area contributed by atoms with Crippen molar-refractivity contribution in [3.05, 3.63) is 53.1 Å². The van der Waals surface area contributed by atoms with Crippen molar-refractivity contribution in [2.75, 3.05) is 13.1 Å². The van der Waals surface area contributed by atoms with Gasteiger partial charge in [0.15, 0.2) is 5.82 Å². The van der Waals surface area contributed by atoms with E-state index in [1.165, 1.54) is 32.9 Å². The maximum absolute atomic E-state index is 14.3. The number of hydrogen-bond donors (Lipinski definition) is 0. The Hall–Kier alpha value is -4.03. The SMILES string of the molecule is Cc1nnn(C)c1-c1ncc(F)c(OC2CN(C(=O)N3N=CCC3c3cc(F)cc(F)c3)C2)n1. The molecule has 10 nitrogen and oxygen atoms in total. The monoisotopic (exact) mass is 472 g/mol. The predicted octanol–water partition coefficient (Wildman–Crippen LogP) is 2.61. The molecule has 2 aliphatic rings. The van der Waals surface area contributed by atoms with Gasteiger partial charge >= 0.3 is 6.03 Å². The lowest BCUT2D eigenvalue weighted by Crippen LogP contribution is -2.59. The summed E-state index contributed by atoms with van der Waals surface area (Å²) in [7, 11) is 1.67. The zero-order valence-corrected chi connectivity index (χ0v) is 18.2. The molecule has 0 radical (unpaired) electrons. The minimum atomic E-state index is -0.737. The van der Waals surface area contributed by atoms with Gasteiger partial charge in [0, 0.05) is 25.7 Å². The first kappa shape index (κ1) is 21.8. The Bertz CT molecular complexity index is 1250. The second kappa shape index (κ2) is 8.39. The van der Waals surface area contributed by atoms with Crippen molar-refractivity contribution in [1.82, 2.24) is 34.9 Å². The van der Waals surface area contributed by atoms with Gasteiger partial charge < -0.3 is 9.64 Å². The van der Waals surface area contributed by atoms with Crippen LogP contribution < -0.4 is 4.74 Å². The lowest BCUT2D eigenvalue weighted by atomic mass is 10.0. The molecule has 2 amide bonds. The summed E-state index contributed by atoms with van der Waals surface area (Å²) < 4.78 is 48.7. The molecule has 4 heterocycles. The third kappa shape index (κ3) is 3.93. The van der Waals surface area contributed by atoms with Gasteiger partial charge in [0.1, 0.15) is 23.4 Å². The van der Waals surface area contributed by atoms with Crippen LogP contribution in [-0.2, 0) is 7.05 Å². The second-order valence-electron chi connectivity index (χ2n) is 8.02. The molecule has 0 N–H and O–H groups in total. The van der Waals surface area contributed by atoms with E-state index in [1.807, 2.05) is 0 Å². The number of hydrogen-bond acceptors (Lipinski definition) is 7. The van der Waals surface area contributed by atoms with Crippen LogP contribution in [-0.4, -0.2) is 66.3 Å². The summed E-state index contributed by atoms with van der Waals surface area (Å²) in [6.45, 7) is 2.07. The van der Waals surface area contributed by atoms with Gasteiger partial charge in [-0.2, -0.15) is 14.5 Å². The quantitative estimate of drug-likeness (QED) is 0.579. The summed E-state index contributed by atoms with van der Waals surface area (Å²) in [5.41, 5.74) is 1.42. The van der Waals surface area contributed by atoms with Crippen LogP contribution in [0.5, 0.6) is 5.88 Å². The van der Waals surface area contributed by atoms with E-state index < -0.39 is 35.6 Å². The molecule has 34 heavy (non-hydrogen) atoms. The molecule has 1 saturated heterocycles. The van der Waals surface area contributed by atoms with Gasteiger partial charge in [-0.05, 0) is 24.6 Å². The zero-order chi connectivity index (χ0) is 24.0. The highest BCUT2D eigenvalue weighted by atomic mass is 19.1. The van der Waals surface area contributed by atoms with Gasteiger partial charge in [0.2, 0.25) is 5.82 Å². The molecule has 1 atom stereocenters. The van der Waals surface area contributed by atoms with Gasteiger partial charge in [-0.1, -0.05) is 5.21 Å². The minimum Gasteiger partial charge on any atom is -0.468 e. The average molecular weight is 472 g/mol. The summed E-state index contributed by atoms with van der Waals surface area (Å²) in [6.07, 6.45) is 2.36. The van der Waals surface area contributed by atoms with E-state index in [2.05, 4.69) is 25.4 Å². The van der Waals surface area contributed by atoms with E-state index in [4.69, 9.17) is 4.74 Å². The Morgan fingerprint density at radius 2 is 1.88 bits per heavy atom. The molecule has 1 aromatic carbocycles. The van der Waals surface area contributed by atoms with E-state index in [0.717, 1.165) is 12.3 Å². The number of halogens is 3. The largest absolute Gasteiger partial charge is 0.468 e. The zero-order valence-electron chi connectivity index (χ0n) is 18.2. The normalized spacial score (nSPS) is 17.9. The molecule has 0 spiro atoms. The summed E-state index contributed by atoms with van der Waals surface area (Å²) in [6, 6.07) is 2.07. The lowest BCUT2D eigenvalue weighted by molar-refractivity contribution is 0.0230. The van der Waals surface area contributed by atoms with Gasteiger partial charge in [0.05, 0.1) is 31.0 Å². The fraction of sp³-hybridized carbons (Fsp3) is 0.333. The average Bonchev–Trinajstić information content (AvgIpc) is 3.37. The van der Waals surface area contributed by atoms with Crippen LogP contribution >= 0.6 is 0 Å². The molecule has 1 unspecified atom stereocenters. The van der Waals surface area contributed by atoms with E-state index in [1.54, 1.807) is 14.0 Å². The van der Waals surface area contributed by atoms with Crippen molar-refractivity contribution in [2.45, 2.75) is 25.5 Å². The van der Waals surface area contributed by atoms with Crippen molar-refractivity contribution < 1.29 is 22.7 Å². The topological polar surface area (TPSA) is 102 Å². The van der Waals surface area contributed by atoms with Crippen LogP contribution in [0.4, 0.5) is 18.0 Å². The highest BCUT2D eigenvalue weighted by molar-refractivity contribution is 5.79. The van der Waals surface area contributed by atoms with Gasteiger partial charge in [-0.25, -0.2) is 28.3 Å². The highest BCUT2D eigenvalue weighted by Crippen LogP contribution is 2.32. The van der Waals surface area contributed by atoms with Gasteiger partial charge in [-0.3, -0.25) is 0 Å². The maximum atomic E-state index is 14.3. The number of urea groups is 1. The molecule has 13 heteroatoms. The molecule has 176 valence electrons. The number of carbonyl (C=O) groups excluding carboxylic acids is 1. The lowest BCUT2D eigenvalue weighted by Gasteiger charge is -2.40. The predicted molar refractivity (Wildman–Crippen MR) is 112 cm³/mol. The Morgan fingerprint density at radius 1 is 1.15 bits per heavy atom. The third-order valence-electron chi connectivity index (χ3n) is 5.61. The molecule has 5 rings (SSSR count). The van der Waals surface area contributed by atoms with E-state index in [-0.39, 0.29) is 24.8 Å². The van der Waals surface area contributed by atoms with E-state index in [0.29, 0.717) is 23.4 Å². The van der Waals surface area contributed by atoms with Crippen LogP contribution in [0.3, 0.4) is 0 Å². The van der Waals surface area contributed by atoms with E-state index >= 15 is 0 Å². The Labute approximate surface area is 191 Å². The number of rotatable bonds is 4. The molecule has 0 aliphatic carbocycles. The number of hydrazone groups is 1. The van der Waals surface area contributed by atoms with Crippen molar-refractivity contribution >= 4 is 12.2 Å². The first-order valence-corrected chi connectivity index (χ1v) is 10.4. The van der Waals surface area contributed by atoms with Crippen LogP contribution in [0.25, 0.3) is 11.5 Å². The summed E-state index contributed by atoms with van der Waals surface area (Å²) in [5, 5.41) is 13.1. The smallest absolute Gasteiger partial charge is 0.341 e. The minimum absolute atomic E-state index is 0.167. The van der Waals surface area contributed by atoms with E-state index in [9.17, 15) is 18.0 Å². The molecule has 0 saturated carbocycles. The number of benzene rings is 1. The van der Waals surface area contributed by atoms with Crippen LogP contribution in [0, 0.1) is 24.4 Å². The Balaban J connectivity index is 1.25. The summed E-state index contributed by atoms with van der Waals surface area (Å²) >= 11 is 0. The maximum Gasteiger partial charge on any atom is 0.341 e. The molecule has 3 aromatic rings. The molecule has 2 aromatic heterocycles. The van der Waals surface area contributed by atoms with Gasteiger partial charge in [0.25, 0.3) is 5.88 Å². The summed E-state index contributed by atoms with van der Waals surface area (Å²) in [5.74, 6) is -2.22. The highest BCUT2D eigenvalue weighted by Gasteiger charge is 2.39. The standard InChI is InChI=1S/C21H19F3N8O2/c1-11-18(30(2)29-28-11)19-25-8-16(24)20(27-19)34-15-9-31(10-15)21(33)32-17(3-4-26-32)12-5-13(22)7-14(23)6-12/h4-8,15,17H,3,9-10H2,1-2H3. The number of carbonyl (C=O) groups is 1. The second-order valence-corrected chi connectivity index (χ2v) is 8.02. The molecule has 1 fully saturated rings. The Morgan fingerprint density at radius 3 is 2.56 bits per heavy atom. The molecular formula is C21H19F3N8O2. The van der Waals surface area contributed by atoms with Crippen molar-refractivity contribution in [3.8, 4) is 17.4 Å². The van der Waals surface area contributed by atoms with Crippen LogP contribution in [0.15, 0.2) is 29.5 Å². The number of likely N-dealkylation sites (tertiary alicyclic amines) is 1. The number of amides is 2. The molecular weight excluding hydrogens is 453 g/mol. The van der Waals surface area contributed by atoms with Crippen molar-refractivity contribution in [2.24, 2.45) is 12.1 Å². The fourth-order valence-corrected chi connectivity index (χ4v) is 3.93. The van der Waals surface area contributed by atoms with Crippen molar-refractivity contribution in [1.29, 1.82) is 0 Å². The number of aromatic nitrogens is 5. The third-order valence-corrected chi connectivity index (χ3v) is 5.61. The summed E-state index contributed by atoms with van der Waals surface area (Å²) in [4.78, 5) is 22.5. The number of ether oxygens (including phenoxy) is 1. The van der Waals surface area contributed by atoms with Gasteiger partial charge in [-0.15, -0.1) is 5.10 Å². The molecule has 2 aliphatic heterocycles. The first-order chi connectivity index (χ1) is 16.3. The number of nitrogens with zero attached hydrogens (tertiary/aromatic N) is 8. The molecule has 0 bridgehead atoms. The van der Waals surface area contributed by atoms with Crippen LogP contribution in [0.1, 0.15) is 23.7 Å².